The minimum absolute atomic E-state index is 0.330. The maximum absolute atomic E-state index is 12.1. The number of likely N-dealkylation sites (N-methyl/N-ethyl adjacent to an activating group) is 1. The Morgan fingerprint density at radius 2 is 2.00 bits per heavy atom. The van der Waals surface area contributed by atoms with Gasteiger partial charge < -0.3 is 9.64 Å². The van der Waals surface area contributed by atoms with E-state index in [1.54, 1.807) is 22.8 Å². The Hall–Kier alpha value is -1.04. The number of amides is 1. The second-order valence-electron chi connectivity index (χ2n) is 6.21. The summed E-state index contributed by atoms with van der Waals surface area (Å²) in [7, 11) is 1.74. The fourth-order valence-electron chi connectivity index (χ4n) is 1.50. The van der Waals surface area contributed by atoms with E-state index in [0.717, 1.165) is 4.47 Å². The number of ether oxygens (including phenoxy) is 1. The van der Waals surface area contributed by atoms with E-state index < -0.39 is 11.1 Å². The zero-order valence-electron chi connectivity index (χ0n) is 12.4. The molecule has 0 aliphatic heterocycles. The molecule has 0 atom stereocenters. The maximum Gasteiger partial charge on any atom is 0.410 e. The second kappa shape index (κ2) is 5.53. The van der Waals surface area contributed by atoms with Crippen LogP contribution >= 0.6 is 15.9 Å². The first-order valence-corrected chi connectivity index (χ1v) is 6.95. The van der Waals surface area contributed by atoms with Crippen molar-refractivity contribution in [1.29, 1.82) is 0 Å². The van der Waals surface area contributed by atoms with Crippen molar-refractivity contribution in [3.63, 3.8) is 0 Å². The SMILES string of the molecule is CN(C(=O)OC(C)(C)C)C(C)(C)Cn1cc(Br)cn1. The molecule has 0 aromatic carbocycles. The van der Waals surface area contributed by atoms with Gasteiger partial charge in [-0.15, -0.1) is 0 Å². The van der Waals surface area contributed by atoms with Crippen LogP contribution in [0.3, 0.4) is 0 Å². The molecule has 1 aromatic heterocycles. The predicted molar refractivity (Wildman–Crippen MR) is 78.0 cm³/mol. The van der Waals surface area contributed by atoms with Gasteiger partial charge in [-0.1, -0.05) is 0 Å². The largest absolute Gasteiger partial charge is 0.444 e. The zero-order chi connectivity index (χ0) is 14.8. The van der Waals surface area contributed by atoms with Gasteiger partial charge in [-0.3, -0.25) is 4.68 Å². The van der Waals surface area contributed by atoms with Crippen LogP contribution in [-0.2, 0) is 11.3 Å². The van der Waals surface area contributed by atoms with Crippen LogP contribution in [0.4, 0.5) is 4.79 Å². The molecule has 6 heteroatoms. The molecule has 0 radical (unpaired) electrons. The van der Waals surface area contributed by atoms with Crippen molar-refractivity contribution in [2.45, 2.75) is 52.3 Å². The quantitative estimate of drug-likeness (QED) is 0.853. The van der Waals surface area contributed by atoms with Crippen molar-refractivity contribution in [1.82, 2.24) is 14.7 Å². The number of rotatable bonds is 3. The number of halogens is 1. The van der Waals surface area contributed by atoms with Gasteiger partial charge >= 0.3 is 6.09 Å². The average Bonchev–Trinajstić information content (AvgIpc) is 2.59. The second-order valence-corrected chi connectivity index (χ2v) is 7.12. The van der Waals surface area contributed by atoms with Crippen LogP contribution in [-0.4, -0.2) is 39.0 Å². The summed E-state index contributed by atoms with van der Waals surface area (Å²) in [6.45, 7) is 10.1. The van der Waals surface area contributed by atoms with Crippen molar-refractivity contribution >= 4 is 22.0 Å². The summed E-state index contributed by atoms with van der Waals surface area (Å²) < 4.78 is 8.09. The minimum Gasteiger partial charge on any atom is -0.444 e. The molecule has 1 aromatic rings. The fraction of sp³-hybridized carbons (Fsp3) is 0.692. The zero-order valence-corrected chi connectivity index (χ0v) is 14.0. The minimum atomic E-state index is -0.490. The van der Waals surface area contributed by atoms with E-state index in [4.69, 9.17) is 4.74 Å². The lowest BCUT2D eigenvalue weighted by Gasteiger charge is -2.36. The standard InChI is InChI=1S/C13H22BrN3O2/c1-12(2,3)19-11(18)16(6)13(4,5)9-17-8-10(14)7-15-17/h7-8H,9H2,1-6H3. The Morgan fingerprint density at radius 3 is 2.42 bits per heavy atom. The Labute approximate surface area is 123 Å². The first kappa shape index (κ1) is 16.0. The first-order valence-electron chi connectivity index (χ1n) is 6.16. The van der Waals surface area contributed by atoms with E-state index in [0.29, 0.717) is 6.54 Å². The van der Waals surface area contributed by atoms with Gasteiger partial charge in [0.05, 0.1) is 22.8 Å². The highest BCUT2D eigenvalue weighted by Gasteiger charge is 2.31. The van der Waals surface area contributed by atoms with Gasteiger partial charge in [0.1, 0.15) is 5.60 Å². The summed E-state index contributed by atoms with van der Waals surface area (Å²) in [6.07, 6.45) is 3.28. The average molecular weight is 332 g/mol. The van der Waals surface area contributed by atoms with E-state index in [-0.39, 0.29) is 6.09 Å². The maximum atomic E-state index is 12.1. The molecule has 5 nitrogen and oxygen atoms in total. The highest BCUT2D eigenvalue weighted by molar-refractivity contribution is 9.10. The van der Waals surface area contributed by atoms with Gasteiger partial charge in [0, 0.05) is 13.2 Å². The molecule has 0 spiro atoms. The van der Waals surface area contributed by atoms with Crippen LogP contribution in [0.2, 0.25) is 0 Å². The third-order valence-corrected chi connectivity index (χ3v) is 3.14. The topological polar surface area (TPSA) is 47.4 Å². The van der Waals surface area contributed by atoms with E-state index >= 15 is 0 Å². The van der Waals surface area contributed by atoms with Gasteiger partial charge in [-0.25, -0.2) is 4.79 Å². The van der Waals surface area contributed by atoms with Gasteiger partial charge in [0.15, 0.2) is 0 Å². The molecule has 0 bridgehead atoms. The van der Waals surface area contributed by atoms with E-state index in [2.05, 4.69) is 21.0 Å². The van der Waals surface area contributed by atoms with Crippen LogP contribution in [0.25, 0.3) is 0 Å². The molecule has 108 valence electrons. The smallest absolute Gasteiger partial charge is 0.410 e. The molecule has 1 rings (SSSR count). The Kier molecular flexibility index (Phi) is 4.66. The van der Waals surface area contributed by atoms with Gasteiger partial charge in [0.25, 0.3) is 0 Å². The molecule has 0 unspecified atom stereocenters. The summed E-state index contributed by atoms with van der Waals surface area (Å²) in [5, 5.41) is 4.21. The molecule has 0 aliphatic carbocycles. The fourth-order valence-corrected chi connectivity index (χ4v) is 1.83. The Bertz CT molecular complexity index is 449. The van der Waals surface area contributed by atoms with E-state index in [9.17, 15) is 4.79 Å². The lowest BCUT2D eigenvalue weighted by atomic mass is 10.0. The van der Waals surface area contributed by atoms with E-state index in [1.807, 2.05) is 40.8 Å². The predicted octanol–water partition coefficient (Wildman–Crippen LogP) is 3.29. The van der Waals surface area contributed by atoms with Crippen LogP contribution < -0.4 is 0 Å². The van der Waals surface area contributed by atoms with Gasteiger partial charge in [0.2, 0.25) is 0 Å². The van der Waals surface area contributed by atoms with Crippen LogP contribution in [0.1, 0.15) is 34.6 Å². The van der Waals surface area contributed by atoms with Crippen molar-refractivity contribution in [3.8, 4) is 0 Å². The monoisotopic (exact) mass is 331 g/mol. The highest BCUT2D eigenvalue weighted by Crippen LogP contribution is 2.19. The molecule has 0 saturated carbocycles. The number of aromatic nitrogens is 2. The molecular weight excluding hydrogens is 310 g/mol. The molecular formula is C13H22BrN3O2. The van der Waals surface area contributed by atoms with Crippen molar-refractivity contribution in [2.24, 2.45) is 0 Å². The first-order chi connectivity index (χ1) is 8.51. The molecule has 19 heavy (non-hydrogen) atoms. The number of nitrogens with zero attached hydrogens (tertiary/aromatic N) is 3. The summed E-state index contributed by atoms with van der Waals surface area (Å²) in [4.78, 5) is 13.7. The molecule has 1 heterocycles. The van der Waals surface area contributed by atoms with Gasteiger partial charge in [-0.05, 0) is 50.5 Å². The van der Waals surface area contributed by atoms with Crippen molar-refractivity contribution in [2.75, 3.05) is 7.05 Å². The lowest BCUT2D eigenvalue weighted by molar-refractivity contribution is 0.00782. The number of hydrogen-bond acceptors (Lipinski definition) is 3. The van der Waals surface area contributed by atoms with Crippen LogP contribution in [0.5, 0.6) is 0 Å². The number of hydrogen-bond donors (Lipinski definition) is 0. The summed E-state index contributed by atoms with van der Waals surface area (Å²) in [5.41, 5.74) is -0.885. The summed E-state index contributed by atoms with van der Waals surface area (Å²) in [5.74, 6) is 0. The lowest BCUT2D eigenvalue weighted by Crippen LogP contribution is -2.49. The molecule has 0 aliphatic rings. The number of carbonyl (C=O) groups is 1. The van der Waals surface area contributed by atoms with Crippen LogP contribution in [0, 0.1) is 0 Å². The van der Waals surface area contributed by atoms with Crippen molar-refractivity contribution < 1.29 is 9.53 Å². The third-order valence-electron chi connectivity index (χ3n) is 2.73. The molecule has 0 N–H and O–H groups in total. The normalized spacial score (nSPS) is 12.4. The van der Waals surface area contributed by atoms with Crippen molar-refractivity contribution in [3.05, 3.63) is 16.9 Å². The molecule has 0 saturated heterocycles. The molecule has 1 amide bonds. The van der Waals surface area contributed by atoms with Crippen LogP contribution in [0.15, 0.2) is 16.9 Å². The summed E-state index contributed by atoms with van der Waals surface area (Å²) >= 11 is 3.36. The van der Waals surface area contributed by atoms with Gasteiger partial charge in [-0.2, -0.15) is 5.10 Å². The number of carbonyl (C=O) groups excluding carboxylic acids is 1. The Balaban J connectivity index is 2.73. The highest BCUT2D eigenvalue weighted by atomic mass is 79.9. The molecule has 0 fully saturated rings. The third kappa shape index (κ3) is 4.86. The Morgan fingerprint density at radius 1 is 1.42 bits per heavy atom. The van der Waals surface area contributed by atoms with E-state index in [1.165, 1.54) is 0 Å². The summed E-state index contributed by atoms with van der Waals surface area (Å²) in [6, 6.07) is 0.